The lowest BCUT2D eigenvalue weighted by atomic mass is 9.84. The van der Waals surface area contributed by atoms with Crippen LogP contribution in [-0.4, -0.2) is 29.3 Å². The van der Waals surface area contributed by atoms with Gasteiger partial charge in [-0.3, -0.25) is 9.59 Å². The summed E-state index contributed by atoms with van der Waals surface area (Å²) in [5.41, 5.74) is 0.675. The predicted octanol–water partition coefficient (Wildman–Crippen LogP) is 4.34. The van der Waals surface area contributed by atoms with E-state index in [1.807, 2.05) is 30.5 Å². The van der Waals surface area contributed by atoms with Crippen LogP contribution in [0.25, 0.3) is 0 Å². The highest BCUT2D eigenvalue weighted by molar-refractivity contribution is 7.98. The summed E-state index contributed by atoms with van der Waals surface area (Å²) in [4.78, 5) is 24.5. The Hall–Kier alpha value is -1.49. The molecule has 1 aliphatic carbocycles. The van der Waals surface area contributed by atoms with Gasteiger partial charge >= 0.3 is 5.97 Å². The summed E-state index contributed by atoms with van der Waals surface area (Å²) in [5, 5.41) is 12.1. The molecule has 0 bridgehead atoms. The summed E-state index contributed by atoms with van der Waals surface area (Å²) < 4.78 is 0. The molecule has 1 aromatic carbocycles. The standard InChI is InChI=1S/C19H27NO3S/c1-24-17-10-6-5-9-16(17)19(23)20-15(11-12-18(21)22)13-14-7-3-2-4-8-14/h5-6,9-10,14-15H,2-4,7-8,11-13H2,1H3,(H,20,23)(H,21,22). The van der Waals surface area contributed by atoms with Crippen LogP contribution in [0.3, 0.4) is 0 Å². The number of rotatable bonds is 8. The van der Waals surface area contributed by atoms with E-state index in [1.165, 1.54) is 32.1 Å². The molecule has 4 nitrogen and oxygen atoms in total. The lowest BCUT2D eigenvalue weighted by molar-refractivity contribution is -0.137. The van der Waals surface area contributed by atoms with E-state index in [2.05, 4.69) is 5.32 Å². The Balaban J connectivity index is 2.02. The molecule has 0 radical (unpaired) electrons. The smallest absolute Gasteiger partial charge is 0.303 e. The zero-order chi connectivity index (χ0) is 17.4. The molecule has 2 rings (SSSR count). The molecule has 1 aliphatic rings. The third-order valence-corrected chi connectivity index (χ3v) is 5.53. The zero-order valence-corrected chi connectivity index (χ0v) is 15.1. The van der Waals surface area contributed by atoms with Gasteiger partial charge in [-0.2, -0.15) is 0 Å². The Morgan fingerprint density at radius 2 is 1.96 bits per heavy atom. The fourth-order valence-electron chi connectivity index (χ4n) is 3.47. The largest absolute Gasteiger partial charge is 0.481 e. The van der Waals surface area contributed by atoms with Crippen LogP contribution in [0, 0.1) is 5.92 Å². The minimum Gasteiger partial charge on any atom is -0.481 e. The molecule has 24 heavy (non-hydrogen) atoms. The first-order valence-corrected chi connectivity index (χ1v) is 9.98. The Morgan fingerprint density at radius 1 is 1.25 bits per heavy atom. The number of thioether (sulfide) groups is 1. The first-order chi connectivity index (χ1) is 11.6. The molecular weight excluding hydrogens is 322 g/mol. The molecule has 0 aliphatic heterocycles. The third-order valence-electron chi connectivity index (χ3n) is 4.74. The maximum atomic E-state index is 12.6. The molecule has 0 heterocycles. The molecular formula is C19H27NO3S. The van der Waals surface area contributed by atoms with E-state index in [0.717, 1.165) is 11.3 Å². The number of benzene rings is 1. The predicted molar refractivity (Wildman–Crippen MR) is 97.5 cm³/mol. The molecule has 1 unspecified atom stereocenters. The number of carbonyl (C=O) groups excluding carboxylic acids is 1. The molecule has 1 atom stereocenters. The van der Waals surface area contributed by atoms with Crippen LogP contribution in [-0.2, 0) is 4.79 Å². The number of amides is 1. The average Bonchev–Trinajstić information content (AvgIpc) is 2.60. The zero-order valence-electron chi connectivity index (χ0n) is 14.3. The van der Waals surface area contributed by atoms with Crippen molar-refractivity contribution in [3.05, 3.63) is 29.8 Å². The Bertz CT molecular complexity index is 555. The van der Waals surface area contributed by atoms with Crippen LogP contribution < -0.4 is 5.32 Å². The van der Waals surface area contributed by atoms with Gasteiger partial charge in [0.05, 0.1) is 5.56 Å². The van der Waals surface area contributed by atoms with E-state index >= 15 is 0 Å². The van der Waals surface area contributed by atoms with E-state index in [-0.39, 0.29) is 18.4 Å². The van der Waals surface area contributed by atoms with Gasteiger partial charge in [-0.25, -0.2) is 0 Å². The average molecular weight is 349 g/mol. The van der Waals surface area contributed by atoms with E-state index in [1.54, 1.807) is 11.8 Å². The summed E-state index contributed by atoms with van der Waals surface area (Å²) in [5.74, 6) is -0.290. The first kappa shape index (κ1) is 18.8. The number of hydrogen-bond acceptors (Lipinski definition) is 3. The fourth-order valence-corrected chi connectivity index (χ4v) is 4.06. The van der Waals surface area contributed by atoms with Crippen LogP contribution in [0.15, 0.2) is 29.2 Å². The van der Waals surface area contributed by atoms with Gasteiger partial charge < -0.3 is 10.4 Å². The highest BCUT2D eigenvalue weighted by Gasteiger charge is 2.22. The summed E-state index contributed by atoms with van der Waals surface area (Å²) in [6.45, 7) is 0. The molecule has 1 fully saturated rings. The molecule has 0 spiro atoms. The number of aliphatic carboxylic acids is 1. The van der Waals surface area contributed by atoms with E-state index < -0.39 is 5.97 Å². The fraction of sp³-hybridized carbons (Fsp3) is 0.579. The minimum absolute atomic E-state index is 0.0633. The van der Waals surface area contributed by atoms with Crippen molar-refractivity contribution in [2.45, 2.75) is 62.3 Å². The molecule has 1 aromatic rings. The monoisotopic (exact) mass is 349 g/mol. The van der Waals surface area contributed by atoms with E-state index in [9.17, 15) is 9.59 Å². The lowest BCUT2D eigenvalue weighted by Crippen LogP contribution is -2.37. The van der Waals surface area contributed by atoms with Gasteiger partial charge in [0.2, 0.25) is 0 Å². The van der Waals surface area contributed by atoms with Crippen LogP contribution in [0.2, 0.25) is 0 Å². The second-order valence-electron chi connectivity index (χ2n) is 6.54. The first-order valence-electron chi connectivity index (χ1n) is 8.76. The van der Waals surface area contributed by atoms with Crippen molar-refractivity contribution in [1.29, 1.82) is 0 Å². The van der Waals surface area contributed by atoms with E-state index in [0.29, 0.717) is 17.9 Å². The Morgan fingerprint density at radius 3 is 2.62 bits per heavy atom. The van der Waals surface area contributed by atoms with Gasteiger partial charge in [0.1, 0.15) is 0 Å². The number of carboxylic acid groups (broad SMARTS) is 1. The minimum atomic E-state index is -0.803. The summed E-state index contributed by atoms with van der Waals surface area (Å²) in [6, 6.07) is 7.49. The molecule has 5 heteroatoms. The third kappa shape index (κ3) is 5.86. The molecule has 132 valence electrons. The summed E-state index contributed by atoms with van der Waals surface area (Å²) >= 11 is 1.55. The second-order valence-corrected chi connectivity index (χ2v) is 7.39. The van der Waals surface area contributed by atoms with Crippen molar-refractivity contribution in [2.75, 3.05) is 6.26 Å². The van der Waals surface area contributed by atoms with Gasteiger partial charge in [0.25, 0.3) is 5.91 Å². The van der Waals surface area contributed by atoms with Gasteiger partial charge in [0.15, 0.2) is 0 Å². The molecule has 1 amide bonds. The SMILES string of the molecule is CSc1ccccc1C(=O)NC(CCC(=O)O)CC1CCCCC1. The van der Waals surface area contributed by atoms with E-state index in [4.69, 9.17) is 5.11 Å². The van der Waals surface area contributed by atoms with Crippen LogP contribution in [0.1, 0.15) is 61.7 Å². The number of nitrogens with one attached hydrogen (secondary N) is 1. The second kappa shape index (κ2) is 9.72. The Kier molecular flexibility index (Phi) is 7.63. The summed E-state index contributed by atoms with van der Waals surface area (Å²) in [6.07, 6.45) is 9.63. The van der Waals surface area contributed by atoms with Crippen molar-refractivity contribution in [2.24, 2.45) is 5.92 Å². The summed E-state index contributed by atoms with van der Waals surface area (Å²) in [7, 11) is 0. The maximum absolute atomic E-state index is 12.6. The molecule has 0 saturated heterocycles. The van der Waals surface area contributed by atoms with Gasteiger partial charge in [-0.1, -0.05) is 44.2 Å². The number of hydrogen-bond donors (Lipinski definition) is 2. The maximum Gasteiger partial charge on any atom is 0.303 e. The highest BCUT2D eigenvalue weighted by atomic mass is 32.2. The van der Waals surface area contributed by atoms with Crippen molar-refractivity contribution >= 4 is 23.6 Å². The van der Waals surface area contributed by atoms with Crippen LogP contribution in [0.5, 0.6) is 0 Å². The molecule has 2 N–H and O–H groups in total. The van der Waals surface area contributed by atoms with Crippen molar-refractivity contribution in [1.82, 2.24) is 5.32 Å². The van der Waals surface area contributed by atoms with Gasteiger partial charge in [-0.15, -0.1) is 11.8 Å². The lowest BCUT2D eigenvalue weighted by Gasteiger charge is -2.27. The number of carbonyl (C=O) groups is 2. The van der Waals surface area contributed by atoms with Crippen molar-refractivity contribution in [3.8, 4) is 0 Å². The van der Waals surface area contributed by atoms with Gasteiger partial charge in [-0.05, 0) is 37.1 Å². The van der Waals surface area contributed by atoms with Crippen molar-refractivity contribution < 1.29 is 14.7 Å². The molecule has 0 aromatic heterocycles. The van der Waals surface area contributed by atoms with Crippen molar-refractivity contribution in [3.63, 3.8) is 0 Å². The van der Waals surface area contributed by atoms with Gasteiger partial charge in [0, 0.05) is 17.4 Å². The van der Waals surface area contributed by atoms with Crippen LogP contribution in [0.4, 0.5) is 0 Å². The topological polar surface area (TPSA) is 66.4 Å². The molecule has 1 saturated carbocycles. The Labute approximate surface area is 148 Å². The normalized spacial score (nSPS) is 16.5. The quantitative estimate of drug-likeness (QED) is 0.685. The highest BCUT2D eigenvalue weighted by Crippen LogP contribution is 2.28. The van der Waals surface area contributed by atoms with Crippen LogP contribution >= 0.6 is 11.8 Å². The number of carboxylic acids is 1.